The van der Waals surface area contributed by atoms with E-state index in [4.69, 9.17) is 18.2 Å². The molecule has 0 unspecified atom stereocenters. The second-order valence-corrected chi connectivity index (χ2v) is 8.04. The van der Waals surface area contributed by atoms with Crippen molar-refractivity contribution in [2.45, 2.75) is 11.3 Å². The first kappa shape index (κ1) is 19.8. The number of aromatic nitrogens is 1. The van der Waals surface area contributed by atoms with Gasteiger partial charge in [0.15, 0.2) is 5.58 Å². The van der Waals surface area contributed by atoms with Crippen LogP contribution in [-0.4, -0.2) is 27.8 Å². The van der Waals surface area contributed by atoms with Crippen LogP contribution in [0.2, 0.25) is 0 Å². The molecular weight excluding hydrogens is 406 g/mol. The van der Waals surface area contributed by atoms with Gasteiger partial charge in [0.1, 0.15) is 22.1 Å². The molecule has 8 heteroatoms. The van der Waals surface area contributed by atoms with Crippen LogP contribution in [0.15, 0.2) is 76.1 Å². The molecular formula is C22H19NO6S. The van der Waals surface area contributed by atoms with Gasteiger partial charge in [0.2, 0.25) is 0 Å². The molecule has 7 nitrogen and oxygen atoms in total. The van der Waals surface area contributed by atoms with Crippen molar-refractivity contribution < 1.29 is 26.6 Å². The van der Waals surface area contributed by atoms with Crippen LogP contribution < -0.4 is 13.7 Å². The van der Waals surface area contributed by atoms with E-state index in [1.54, 1.807) is 31.4 Å². The third-order valence-corrected chi connectivity index (χ3v) is 5.88. The maximum absolute atomic E-state index is 12.5. The summed E-state index contributed by atoms with van der Waals surface area (Å²) >= 11 is 0. The predicted octanol–water partition coefficient (Wildman–Crippen LogP) is 4.20. The molecule has 1 aromatic heterocycles. The van der Waals surface area contributed by atoms with Crippen LogP contribution in [0.4, 0.5) is 0 Å². The molecule has 154 valence electrons. The maximum atomic E-state index is 12.5. The van der Waals surface area contributed by atoms with Gasteiger partial charge in [-0.15, -0.1) is 0 Å². The van der Waals surface area contributed by atoms with Gasteiger partial charge >= 0.3 is 10.1 Å². The van der Waals surface area contributed by atoms with Gasteiger partial charge in [-0.05, 0) is 42.5 Å². The number of hydrogen-bond acceptors (Lipinski definition) is 7. The fraction of sp³-hybridized carbons (Fsp3) is 0.136. The maximum Gasteiger partial charge on any atom is 0.339 e. The average molecular weight is 425 g/mol. The third-order valence-electron chi connectivity index (χ3n) is 4.62. The summed E-state index contributed by atoms with van der Waals surface area (Å²) in [4.78, 5) is 0.0258. The van der Waals surface area contributed by atoms with Gasteiger partial charge in [0.25, 0.3) is 0 Å². The van der Waals surface area contributed by atoms with Crippen molar-refractivity contribution in [3.05, 3.63) is 78.0 Å². The number of methoxy groups -OCH3 is 2. The van der Waals surface area contributed by atoms with Crippen LogP contribution in [0, 0.1) is 0 Å². The standard InChI is InChI=1S/C22H19NO6S/c1-26-16-7-10-18(11-8-16)30(24,25)29-17-9-12-19-20(23-28-22(19)14-17)13-15-5-3-4-6-21(15)27-2/h3-12,14H,13H2,1-2H3. The number of rotatable bonds is 7. The minimum absolute atomic E-state index is 0.0258. The second kappa shape index (κ2) is 8.08. The van der Waals surface area contributed by atoms with E-state index in [0.29, 0.717) is 17.8 Å². The predicted molar refractivity (Wildman–Crippen MR) is 111 cm³/mol. The number of hydrogen-bond donors (Lipinski definition) is 0. The lowest BCUT2D eigenvalue weighted by Gasteiger charge is -2.08. The molecule has 0 atom stereocenters. The Hall–Kier alpha value is -3.52. The molecule has 0 aliphatic heterocycles. The Morgan fingerprint density at radius 3 is 2.37 bits per heavy atom. The van der Waals surface area contributed by atoms with Crippen molar-refractivity contribution in [1.29, 1.82) is 0 Å². The van der Waals surface area contributed by atoms with Crippen molar-refractivity contribution in [2.75, 3.05) is 14.2 Å². The van der Waals surface area contributed by atoms with Crippen LogP contribution in [0.25, 0.3) is 11.0 Å². The molecule has 3 aromatic carbocycles. The fourth-order valence-electron chi connectivity index (χ4n) is 3.10. The Kier molecular flexibility index (Phi) is 5.33. The van der Waals surface area contributed by atoms with Crippen LogP contribution in [0.1, 0.15) is 11.3 Å². The van der Waals surface area contributed by atoms with Gasteiger partial charge in [0.05, 0.1) is 19.9 Å². The lowest BCUT2D eigenvalue weighted by molar-refractivity contribution is 0.409. The second-order valence-electron chi connectivity index (χ2n) is 6.49. The Morgan fingerprint density at radius 2 is 1.63 bits per heavy atom. The van der Waals surface area contributed by atoms with Crippen molar-refractivity contribution in [3.8, 4) is 17.2 Å². The topological polar surface area (TPSA) is 87.9 Å². The third kappa shape index (κ3) is 3.95. The van der Waals surface area contributed by atoms with E-state index >= 15 is 0 Å². The largest absolute Gasteiger partial charge is 0.497 e. The van der Waals surface area contributed by atoms with Gasteiger partial charge in [-0.1, -0.05) is 23.4 Å². The molecule has 4 aromatic rings. The number of nitrogens with zero attached hydrogens (tertiary/aromatic N) is 1. The lowest BCUT2D eigenvalue weighted by Crippen LogP contribution is -2.09. The van der Waals surface area contributed by atoms with Crippen molar-refractivity contribution in [3.63, 3.8) is 0 Å². The van der Waals surface area contributed by atoms with Gasteiger partial charge in [-0.2, -0.15) is 8.42 Å². The highest BCUT2D eigenvalue weighted by Gasteiger charge is 2.18. The van der Waals surface area contributed by atoms with Gasteiger partial charge in [-0.3, -0.25) is 0 Å². The minimum Gasteiger partial charge on any atom is -0.497 e. The van der Waals surface area contributed by atoms with Crippen LogP contribution in [0.5, 0.6) is 17.2 Å². The zero-order chi connectivity index (χ0) is 21.1. The Labute approximate surface area is 173 Å². The van der Waals surface area contributed by atoms with E-state index in [2.05, 4.69) is 5.16 Å². The molecule has 0 saturated heterocycles. The Balaban J connectivity index is 1.58. The molecule has 1 heterocycles. The van der Waals surface area contributed by atoms with Gasteiger partial charge < -0.3 is 18.2 Å². The minimum atomic E-state index is -3.99. The van der Waals surface area contributed by atoms with Gasteiger partial charge in [0, 0.05) is 23.4 Å². The monoisotopic (exact) mass is 425 g/mol. The van der Waals surface area contributed by atoms with Crippen LogP contribution >= 0.6 is 0 Å². The summed E-state index contributed by atoms with van der Waals surface area (Å²) in [5.41, 5.74) is 2.12. The number of para-hydroxylation sites is 1. The molecule has 0 spiro atoms. The summed E-state index contributed by atoms with van der Waals surface area (Å²) in [5, 5.41) is 4.90. The first-order valence-corrected chi connectivity index (χ1v) is 10.5. The highest BCUT2D eigenvalue weighted by molar-refractivity contribution is 7.87. The lowest BCUT2D eigenvalue weighted by atomic mass is 10.1. The first-order valence-electron chi connectivity index (χ1n) is 9.09. The fourth-order valence-corrected chi connectivity index (χ4v) is 4.02. The van der Waals surface area contributed by atoms with E-state index in [9.17, 15) is 8.42 Å². The highest BCUT2D eigenvalue weighted by atomic mass is 32.2. The van der Waals surface area contributed by atoms with E-state index in [1.165, 1.54) is 25.3 Å². The van der Waals surface area contributed by atoms with E-state index in [0.717, 1.165) is 22.4 Å². The molecule has 0 saturated carbocycles. The quantitative estimate of drug-likeness (QED) is 0.410. The molecule has 30 heavy (non-hydrogen) atoms. The summed E-state index contributed by atoms with van der Waals surface area (Å²) in [6.45, 7) is 0. The molecule has 0 radical (unpaired) electrons. The first-order chi connectivity index (χ1) is 14.5. The average Bonchev–Trinajstić information content (AvgIpc) is 3.16. The molecule has 0 fully saturated rings. The Bertz CT molecular complexity index is 1280. The van der Waals surface area contributed by atoms with E-state index in [1.807, 2.05) is 24.3 Å². The van der Waals surface area contributed by atoms with Crippen LogP contribution in [0.3, 0.4) is 0 Å². The number of fused-ring (bicyclic) bond motifs is 1. The summed E-state index contributed by atoms with van der Waals surface area (Å²) in [5.74, 6) is 1.46. The summed E-state index contributed by atoms with van der Waals surface area (Å²) in [7, 11) is -0.866. The molecule has 0 amide bonds. The number of benzene rings is 3. The molecule has 0 N–H and O–H groups in total. The SMILES string of the molecule is COc1ccc(S(=O)(=O)Oc2ccc3c(Cc4ccccc4OC)noc3c2)cc1. The molecule has 0 bridgehead atoms. The van der Waals surface area contributed by atoms with Crippen molar-refractivity contribution in [2.24, 2.45) is 0 Å². The zero-order valence-corrected chi connectivity index (χ0v) is 17.2. The summed E-state index contributed by atoms with van der Waals surface area (Å²) < 4.78 is 46.2. The summed E-state index contributed by atoms with van der Waals surface area (Å²) in [6.07, 6.45) is 0.515. The smallest absolute Gasteiger partial charge is 0.339 e. The zero-order valence-electron chi connectivity index (χ0n) is 16.4. The van der Waals surface area contributed by atoms with E-state index < -0.39 is 10.1 Å². The Morgan fingerprint density at radius 1 is 0.900 bits per heavy atom. The van der Waals surface area contributed by atoms with Crippen LogP contribution in [-0.2, 0) is 16.5 Å². The summed E-state index contributed by atoms with van der Waals surface area (Å²) in [6, 6.07) is 18.4. The van der Waals surface area contributed by atoms with Crippen molar-refractivity contribution in [1.82, 2.24) is 5.16 Å². The molecule has 0 aliphatic rings. The van der Waals surface area contributed by atoms with E-state index in [-0.39, 0.29) is 10.6 Å². The number of ether oxygens (including phenoxy) is 2. The normalized spacial score (nSPS) is 11.4. The van der Waals surface area contributed by atoms with Crippen molar-refractivity contribution >= 4 is 21.1 Å². The molecule has 0 aliphatic carbocycles. The highest BCUT2D eigenvalue weighted by Crippen LogP contribution is 2.29. The molecule has 4 rings (SSSR count). The van der Waals surface area contributed by atoms with Gasteiger partial charge in [-0.25, -0.2) is 0 Å².